The number of rotatable bonds is 37. The summed E-state index contributed by atoms with van der Waals surface area (Å²) in [4.78, 5) is 28.0. The van der Waals surface area contributed by atoms with Crippen LogP contribution in [0.25, 0.3) is 0 Å². The first-order valence-electron chi connectivity index (χ1n) is 24.7. The number of nitrogens with zero attached hydrogens (tertiary/aromatic N) is 1. The van der Waals surface area contributed by atoms with Crippen molar-refractivity contribution in [1.82, 2.24) is 26.2 Å². The Hall–Kier alpha value is -3.66. The zero-order valence-electron chi connectivity index (χ0n) is 41.0. The zero-order valence-corrected chi connectivity index (χ0v) is 41.0. The fourth-order valence-corrected chi connectivity index (χ4v) is 6.46. The van der Waals surface area contributed by atoms with Crippen LogP contribution in [0.4, 0.5) is 0 Å². The third-order valence-corrected chi connectivity index (χ3v) is 10.3. The van der Waals surface area contributed by atoms with Gasteiger partial charge in [-0.05, 0) is 132 Å². The van der Waals surface area contributed by atoms with Gasteiger partial charge in [-0.2, -0.15) is 0 Å². The molecule has 0 heterocycles. The number of hydrogen-bond donors (Lipinski definition) is 4. The molecule has 0 spiro atoms. The van der Waals surface area contributed by atoms with Crippen molar-refractivity contribution in [2.24, 2.45) is 0 Å². The van der Waals surface area contributed by atoms with Gasteiger partial charge in [0.25, 0.3) is 0 Å². The van der Waals surface area contributed by atoms with Gasteiger partial charge in [-0.25, -0.2) is 0 Å². The number of allylic oxidation sites excluding steroid dienone is 4. The number of carbonyl (C=O) groups is 2. The number of hydrogen-bond acceptors (Lipinski definition) is 9. The van der Waals surface area contributed by atoms with Crippen LogP contribution in [0.5, 0.6) is 11.5 Å². The molecule has 62 heavy (non-hydrogen) atoms. The molecule has 4 N–H and O–H groups in total. The van der Waals surface area contributed by atoms with E-state index in [-0.39, 0.29) is 11.6 Å². The van der Waals surface area contributed by atoms with Gasteiger partial charge in [-0.15, -0.1) is 0 Å². The van der Waals surface area contributed by atoms with Crippen LogP contribution >= 0.6 is 0 Å². The second kappa shape index (κ2) is 37.9. The molecule has 0 fully saturated rings. The van der Waals surface area contributed by atoms with E-state index in [1.54, 1.807) is 12.2 Å². The fraction of sp³-hybridized carbons (Fsp3) is 0.660. The molecule has 0 atom stereocenters. The lowest BCUT2D eigenvalue weighted by Gasteiger charge is -2.21. The van der Waals surface area contributed by atoms with E-state index >= 15 is 0 Å². The molecule has 352 valence electrons. The van der Waals surface area contributed by atoms with Crippen LogP contribution in [0.15, 0.2) is 72.1 Å². The van der Waals surface area contributed by atoms with E-state index < -0.39 is 0 Å². The van der Waals surface area contributed by atoms with Crippen LogP contribution in [0.2, 0.25) is 0 Å². The zero-order chi connectivity index (χ0) is 45.6. The molecule has 0 saturated carbocycles. The summed E-state index contributed by atoms with van der Waals surface area (Å²) in [5.74, 6) is 1.76. The SMILES string of the molecule is CCCC/C(=C\C(=O)c1ccc(OCCCN(CCCC)CCCC)cc1)NCCNC(C)C.CCCCOc1ccc(C(=O)/C=C(\CCCC)NCCCCNC(C)C)cc1. The van der Waals surface area contributed by atoms with Crippen molar-refractivity contribution in [2.45, 2.75) is 171 Å². The number of ether oxygens (including phenoxy) is 2. The molecular formula is C53H91N5O4. The van der Waals surface area contributed by atoms with E-state index in [4.69, 9.17) is 9.47 Å². The number of benzene rings is 2. The molecule has 2 aromatic rings. The van der Waals surface area contributed by atoms with Crippen molar-refractivity contribution in [3.8, 4) is 11.5 Å². The average Bonchev–Trinajstić information content (AvgIpc) is 3.26. The van der Waals surface area contributed by atoms with Crippen LogP contribution in [-0.2, 0) is 0 Å². The molecule has 0 aliphatic rings. The summed E-state index contributed by atoms with van der Waals surface area (Å²) in [5.41, 5.74) is 3.48. The van der Waals surface area contributed by atoms with Gasteiger partial charge in [0.05, 0.1) is 13.2 Å². The number of carbonyl (C=O) groups excluding carboxylic acids is 2. The normalized spacial score (nSPS) is 11.8. The molecule has 0 aliphatic heterocycles. The Morgan fingerprint density at radius 1 is 0.500 bits per heavy atom. The Balaban J connectivity index is 0.000000632. The van der Waals surface area contributed by atoms with Gasteiger partial charge >= 0.3 is 0 Å². The number of unbranched alkanes of at least 4 members (excludes halogenated alkanes) is 6. The standard InChI is InChI=1S/C29H51N3O2.C24H40N2O2/c1-6-9-13-27(31-19-18-30-25(4)5)24-29(33)26-14-16-28(17-15-26)34-23-12-22-32(20-10-7-2)21-11-8-3;1-5-7-11-22(26-17-10-9-16-25-20(3)4)19-24(27)21-12-14-23(15-13-21)28-18-8-6-2/h14-17,24-25,30-31H,6-13,18-23H2,1-5H3;12-15,19-20,25-26H,5-11,16-18H2,1-4H3/b27-24+;22-19+. The molecule has 2 rings (SSSR count). The Bertz CT molecular complexity index is 1450. The molecule has 0 aliphatic carbocycles. The minimum atomic E-state index is 0.0458. The second-order valence-corrected chi connectivity index (χ2v) is 17.1. The summed E-state index contributed by atoms with van der Waals surface area (Å²) in [6, 6.07) is 16.1. The van der Waals surface area contributed by atoms with Crippen LogP contribution in [0.1, 0.15) is 179 Å². The van der Waals surface area contributed by atoms with Crippen LogP contribution < -0.4 is 30.7 Å². The van der Waals surface area contributed by atoms with Crippen molar-refractivity contribution >= 4 is 11.6 Å². The largest absolute Gasteiger partial charge is 0.494 e. The van der Waals surface area contributed by atoms with Crippen molar-refractivity contribution in [3.63, 3.8) is 0 Å². The highest BCUT2D eigenvalue weighted by Crippen LogP contribution is 2.17. The molecule has 0 aromatic heterocycles. The summed E-state index contributed by atoms with van der Waals surface area (Å²) in [5, 5.41) is 13.8. The minimum absolute atomic E-state index is 0.0458. The molecule has 2 aromatic carbocycles. The first-order chi connectivity index (χ1) is 30.1. The molecule has 0 amide bonds. The van der Waals surface area contributed by atoms with Crippen LogP contribution in [0, 0.1) is 0 Å². The molecular weight excluding hydrogens is 771 g/mol. The summed E-state index contributed by atoms with van der Waals surface area (Å²) >= 11 is 0. The molecule has 0 bridgehead atoms. The third kappa shape index (κ3) is 29.6. The highest BCUT2D eigenvalue weighted by Gasteiger charge is 2.09. The first-order valence-corrected chi connectivity index (χ1v) is 24.7. The molecule has 0 saturated heterocycles. The van der Waals surface area contributed by atoms with Crippen molar-refractivity contribution in [1.29, 1.82) is 0 Å². The maximum atomic E-state index is 12.8. The van der Waals surface area contributed by atoms with E-state index in [2.05, 4.69) is 88.5 Å². The quantitative estimate of drug-likeness (QED) is 0.0300. The average molecular weight is 862 g/mol. The Labute approximate surface area is 380 Å². The Kier molecular flexibility index (Phi) is 34.4. The van der Waals surface area contributed by atoms with Gasteiger partial charge in [0.15, 0.2) is 11.6 Å². The van der Waals surface area contributed by atoms with E-state index in [0.29, 0.717) is 29.8 Å². The van der Waals surface area contributed by atoms with Crippen molar-refractivity contribution in [3.05, 3.63) is 83.2 Å². The van der Waals surface area contributed by atoms with Crippen LogP contribution in [0.3, 0.4) is 0 Å². The summed E-state index contributed by atoms with van der Waals surface area (Å²) < 4.78 is 11.6. The monoisotopic (exact) mass is 862 g/mol. The van der Waals surface area contributed by atoms with Crippen molar-refractivity contribution < 1.29 is 19.1 Å². The Morgan fingerprint density at radius 2 is 0.903 bits per heavy atom. The maximum Gasteiger partial charge on any atom is 0.187 e. The fourth-order valence-electron chi connectivity index (χ4n) is 6.46. The third-order valence-electron chi connectivity index (χ3n) is 10.3. The topological polar surface area (TPSA) is 104 Å². The van der Waals surface area contributed by atoms with Gasteiger partial charge in [0, 0.05) is 72.9 Å². The molecule has 9 nitrogen and oxygen atoms in total. The summed E-state index contributed by atoms with van der Waals surface area (Å²) in [7, 11) is 0. The number of ketones is 2. The highest BCUT2D eigenvalue weighted by molar-refractivity contribution is 6.05. The van der Waals surface area contributed by atoms with Gasteiger partial charge in [0.2, 0.25) is 0 Å². The lowest BCUT2D eigenvalue weighted by Crippen LogP contribution is -2.31. The molecule has 0 radical (unpaired) electrons. The van der Waals surface area contributed by atoms with Crippen molar-refractivity contribution in [2.75, 3.05) is 59.0 Å². The lowest BCUT2D eigenvalue weighted by molar-refractivity contribution is 0.103. The van der Waals surface area contributed by atoms with Gasteiger partial charge in [-0.1, -0.05) is 94.4 Å². The predicted molar refractivity (Wildman–Crippen MR) is 265 cm³/mol. The van der Waals surface area contributed by atoms with E-state index in [0.717, 1.165) is 133 Å². The van der Waals surface area contributed by atoms with E-state index in [1.807, 2.05) is 48.5 Å². The smallest absolute Gasteiger partial charge is 0.187 e. The molecule has 9 heteroatoms. The lowest BCUT2D eigenvalue weighted by atomic mass is 10.1. The Morgan fingerprint density at radius 3 is 1.35 bits per heavy atom. The molecule has 0 unspecified atom stereocenters. The van der Waals surface area contributed by atoms with Gasteiger partial charge < -0.3 is 35.6 Å². The summed E-state index contributed by atoms with van der Waals surface area (Å²) in [6.07, 6.45) is 20.2. The first kappa shape index (κ1) is 56.4. The van der Waals surface area contributed by atoms with E-state index in [1.165, 1.54) is 38.8 Å². The van der Waals surface area contributed by atoms with Crippen LogP contribution in [-0.4, -0.2) is 87.6 Å². The maximum absolute atomic E-state index is 12.8. The highest BCUT2D eigenvalue weighted by atomic mass is 16.5. The van der Waals surface area contributed by atoms with Gasteiger partial charge in [0.1, 0.15) is 11.5 Å². The second-order valence-electron chi connectivity index (χ2n) is 17.1. The predicted octanol–water partition coefficient (Wildman–Crippen LogP) is 11.7. The minimum Gasteiger partial charge on any atom is -0.494 e. The van der Waals surface area contributed by atoms with Gasteiger partial charge in [-0.3, -0.25) is 9.59 Å². The van der Waals surface area contributed by atoms with E-state index in [9.17, 15) is 9.59 Å². The number of nitrogens with one attached hydrogen (secondary N) is 4. The summed E-state index contributed by atoms with van der Waals surface area (Å²) in [6.45, 7) is 28.1.